The molecule has 0 amide bonds. The molecule has 0 spiro atoms. The minimum Gasteiger partial charge on any atom is -0.491 e. The number of benzene rings is 2. The molecule has 7 nitrogen and oxygen atoms in total. The van der Waals surface area contributed by atoms with Gasteiger partial charge in [0.25, 0.3) is 0 Å². The zero-order valence-electron chi connectivity index (χ0n) is 23.4. The van der Waals surface area contributed by atoms with Crippen molar-refractivity contribution in [2.45, 2.75) is 39.8 Å². The molecule has 0 aliphatic carbocycles. The van der Waals surface area contributed by atoms with Crippen LogP contribution in [0.25, 0.3) is 11.1 Å². The van der Waals surface area contributed by atoms with Crippen molar-refractivity contribution in [2.24, 2.45) is 4.99 Å². The second kappa shape index (κ2) is 10.8. The second-order valence-electron chi connectivity index (χ2n) is 10.9. The highest BCUT2D eigenvalue weighted by Crippen LogP contribution is 2.35. The number of aryl methyl sites for hydroxylation is 1. The predicted molar refractivity (Wildman–Crippen MR) is 156 cm³/mol. The number of anilines is 1. The van der Waals surface area contributed by atoms with E-state index < -0.39 is 0 Å². The van der Waals surface area contributed by atoms with Gasteiger partial charge in [-0.3, -0.25) is 9.98 Å². The third-order valence-corrected chi connectivity index (χ3v) is 7.35. The smallest absolute Gasteiger partial charge is 0.144 e. The quantitative estimate of drug-likeness (QED) is 0.316. The van der Waals surface area contributed by atoms with E-state index in [1.807, 2.05) is 46.3 Å². The molecule has 0 saturated heterocycles. The number of aromatic nitrogens is 3. The van der Waals surface area contributed by atoms with Crippen LogP contribution in [0.5, 0.6) is 5.75 Å². The van der Waals surface area contributed by atoms with E-state index in [1.165, 1.54) is 12.1 Å². The minimum atomic E-state index is -0.240. The Labute approximate surface area is 234 Å². The van der Waals surface area contributed by atoms with Crippen molar-refractivity contribution < 1.29 is 9.13 Å². The number of ether oxygens (including phenoxy) is 1. The first-order chi connectivity index (χ1) is 19.3. The first-order valence-corrected chi connectivity index (χ1v) is 13.6. The molecular formula is C32H33FN6O. The van der Waals surface area contributed by atoms with Crippen LogP contribution in [0.3, 0.4) is 0 Å². The van der Waals surface area contributed by atoms with Crippen molar-refractivity contribution in [3.8, 4) is 16.9 Å². The van der Waals surface area contributed by atoms with Crippen LogP contribution in [0.2, 0.25) is 0 Å². The fourth-order valence-electron chi connectivity index (χ4n) is 5.38. The summed E-state index contributed by atoms with van der Waals surface area (Å²) in [5.74, 6) is 2.32. The van der Waals surface area contributed by atoms with Crippen LogP contribution in [0.1, 0.15) is 40.8 Å². The molecule has 2 aliphatic rings. The maximum atomic E-state index is 13.6. The largest absolute Gasteiger partial charge is 0.491 e. The molecule has 4 aromatic rings. The van der Waals surface area contributed by atoms with Gasteiger partial charge in [0.15, 0.2) is 0 Å². The summed E-state index contributed by atoms with van der Waals surface area (Å²) in [6.07, 6.45) is 3.37. The van der Waals surface area contributed by atoms with Crippen LogP contribution in [0.4, 0.5) is 15.9 Å². The number of nitrogens with zero attached hydrogens (tertiary/aromatic N) is 6. The second-order valence-corrected chi connectivity index (χ2v) is 10.9. The van der Waals surface area contributed by atoms with Crippen LogP contribution in [0.15, 0.2) is 59.7 Å². The van der Waals surface area contributed by atoms with Gasteiger partial charge in [-0.25, -0.2) is 14.4 Å². The molecule has 4 heterocycles. The first-order valence-electron chi connectivity index (χ1n) is 13.6. The molecule has 0 atom stereocenters. The predicted octanol–water partition coefficient (Wildman–Crippen LogP) is 5.69. The summed E-state index contributed by atoms with van der Waals surface area (Å²) in [5.41, 5.74) is 9.30. The van der Waals surface area contributed by atoms with Gasteiger partial charge in [0, 0.05) is 53.7 Å². The molecule has 204 valence electrons. The molecule has 0 fully saturated rings. The molecule has 0 radical (unpaired) electrons. The molecule has 2 aliphatic heterocycles. The lowest BCUT2D eigenvalue weighted by Gasteiger charge is -2.26. The summed E-state index contributed by atoms with van der Waals surface area (Å²) in [6.45, 7) is 6.60. The molecule has 0 bridgehead atoms. The van der Waals surface area contributed by atoms with Crippen molar-refractivity contribution in [1.82, 2.24) is 19.9 Å². The summed E-state index contributed by atoms with van der Waals surface area (Å²) in [6, 6.07) is 15.1. The van der Waals surface area contributed by atoms with Gasteiger partial charge in [-0.1, -0.05) is 18.2 Å². The Kier molecular flexibility index (Phi) is 7.02. The van der Waals surface area contributed by atoms with Crippen molar-refractivity contribution in [1.29, 1.82) is 0 Å². The highest BCUT2D eigenvalue weighted by atomic mass is 19.1. The lowest BCUT2D eigenvalue weighted by molar-refractivity contribution is 0.331. The van der Waals surface area contributed by atoms with Crippen molar-refractivity contribution in [3.63, 3.8) is 0 Å². The molecular weight excluding hydrogens is 503 g/mol. The van der Waals surface area contributed by atoms with E-state index in [9.17, 15) is 4.39 Å². The third kappa shape index (κ3) is 5.45. The van der Waals surface area contributed by atoms with Gasteiger partial charge in [-0.2, -0.15) is 0 Å². The van der Waals surface area contributed by atoms with E-state index in [4.69, 9.17) is 14.7 Å². The summed E-state index contributed by atoms with van der Waals surface area (Å²) >= 11 is 0. The normalized spacial score (nSPS) is 14.4. The van der Waals surface area contributed by atoms with Crippen molar-refractivity contribution in [3.05, 3.63) is 94.4 Å². The Bertz CT molecular complexity index is 1600. The van der Waals surface area contributed by atoms with Gasteiger partial charge >= 0.3 is 0 Å². The van der Waals surface area contributed by atoms with E-state index >= 15 is 0 Å². The first kappa shape index (κ1) is 26.1. The highest BCUT2D eigenvalue weighted by Gasteiger charge is 2.23. The molecule has 8 heteroatoms. The number of rotatable bonds is 6. The molecule has 0 N–H and O–H groups in total. The number of hydrogen-bond donors (Lipinski definition) is 0. The van der Waals surface area contributed by atoms with Crippen LogP contribution < -0.4 is 9.64 Å². The average Bonchev–Trinajstić information content (AvgIpc) is 3.16. The van der Waals surface area contributed by atoms with E-state index in [1.54, 1.807) is 0 Å². The monoisotopic (exact) mass is 536 g/mol. The molecule has 6 rings (SSSR count). The van der Waals surface area contributed by atoms with Gasteiger partial charge in [0.2, 0.25) is 0 Å². The molecule has 2 aromatic carbocycles. The van der Waals surface area contributed by atoms with Gasteiger partial charge in [-0.05, 0) is 69.4 Å². The number of pyridine rings is 1. The lowest BCUT2D eigenvalue weighted by atomic mass is 10.0. The number of halogens is 1. The molecule has 0 saturated carbocycles. The lowest BCUT2D eigenvalue weighted by Crippen LogP contribution is -2.29. The summed E-state index contributed by atoms with van der Waals surface area (Å²) in [5, 5.41) is 0. The summed E-state index contributed by atoms with van der Waals surface area (Å²) in [7, 11) is 4.03. The van der Waals surface area contributed by atoms with E-state index in [2.05, 4.69) is 44.0 Å². The van der Waals surface area contributed by atoms with Crippen LogP contribution in [0, 0.1) is 12.7 Å². The van der Waals surface area contributed by atoms with E-state index in [0.717, 1.165) is 74.4 Å². The number of aliphatic imine (C=N–C) groups is 1. The average molecular weight is 537 g/mol. The van der Waals surface area contributed by atoms with Crippen LogP contribution >= 0.6 is 0 Å². The molecule has 2 aromatic heterocycles. The number of hydrogen-bond acceptors (Lipinski definition) is 7. The van der Waals surface area contributed by atoms with Crippen molar-refractivity contribution in [2.75, 3.05) is 32.1 Å². The Hall–Kier alpha value is -4.17. The summed E-state index contributed by atoms with van der Waals surface area (Å²) in [4.78, 5) is 23.6. The van der Waals surface area contributed by atoms with Crippen molar-refractivity contribution >= 4 is 17.2 Å². The number of fused-ring (bicyclic) bond motifs is 2. The fourth-order valence-corrected chi connectivity index (χ4v) is 5.38. The zero-order chi connectivity index (χ0) is 27.8. The SMILES string of the molecule is CC1=Nc2cc(-c3ccc4c(c3)CN(c3nc(CN(C)C)nc(C)c3Cc3ccc(F)cc3)CCO4)cnc2C1. The Morgan fingerprint density at radius 3 is 2.62 bits per heavy atom. The zero-order valence-corrected chi connectivity index (χ0v) is 23.4. The fraction of sp³-hybridized carbons (Fsp3) is 0.312. The molecule has 0 unspecified atom stereocenters. The Morgan fingerprint density at radius 2 is 1.82 bits per heavy atom. The Morgan fingerprint density at radius 1 is 1.00 bits per heavy atom. The van der Waals surface area contributed by atoms with Crippen LogP contribution in [-0.4, -0.2) is 52.8 Å². The maximum absolute atomic E-state index is 13.6. The standard InChI is InChI=1S/C32H33FN6O/c1-20-13-28-29(35-20)16-24(17-34-28)23-7-10-30-25(15-23)18-39(11-12-40-30)32-27(14-22-5-8-26(33)9-6-22)21(2)36-31(37-32)19-38(3)4/h5-10,15-17H,11-14,18-19H2,1-4H3. The van der Waals surface area contributed by atoms with Gasteiger partial charge in [0.05, 0.1) is 24.5 Å². The molecule has 40 heavy (non-hydrogen) atoms. The summed E-state index contributed by atoms with van der Waals surface area (Å²) < 4.78 is 19.8. The topological polar surface area (TPSA) is 66.7 Å². The van der Waals surface area contributed by atoms with Gasteiger partial charge in [0.1, 0.15) is 29.8 Å². The Balaban J connectivity index is 1.37. The third-order valence-electron chi connectivity index (χ3n) is 7.35. The van der Waals surface area contributed by atoms with Gasteiger partial charge in [-0.15, -0.1) is 0 Å². The highest BCUT2D eigenvalue weighted by molar-refractivity contribution is 5.92. The minimum absolute atomic E-state index is 0.240. The van der Waals surface area contributed by atoms with Gasteiger partial charge < -0.3 is 14.5 Å². The van der Waals surface area contributed by atoms with E-state index in [-0.39, 0.29) is 5.82 Å². The van der Waals surface area contributed by atoms with Crippen LogP contribution in [-0.2, 0) is 25.9 Å². The maximum Gasteiger partial charge on any atom is 0.144 e. The van der Waals surface area contributed by atoms with E-state index in [0.29, 0.717) is 32.7 Å².